The fourth-order valence-corrected chi connectivity index (χ4v) is 1.50. The number of rotatable bonds is 5. The highest BCUT2D eigenvalue weighted by atomic mass is 16.7. The molecule has 0 aliphatic carbocycles. The number of nitrogens with two attached hydrogens (primary N) is 1. The first-order chi connectivity index (χ1) is 7.61. The molecule has 1 saturated heterocycles. The van der Waals surface area contributed by atoms with Gasteiger partial charge in [-0.3, -0.25) is 0 Å². The molecular formula is C9H19NO6. The molecule has 16 heavy (non-hydrogen) atoms. The lowest BCUT2D eigenvalue weighted by Crippen LogP contribution is -2.62. The van der Waals surface area contributed by atoms with E-state index in [2.05, 4.69) is 0 Å². The van der Waals surface area contributed by atoms with E-state index in [9.17, 15) is 10.2 Å². The van der Waals surface area contributed by atoms with Gasteiger partial charge < -0.3 is 35.3 Å². The molecule has 1 rings (SSSR count). The highest BCUT2D eigenvalue weighted by molar-refractivity contribution is 4.91. The van der Waals surface area contributed by atoms with E-state index in [-0.39, 0.29) is 6.61 Å². The van der Waals surface area contributed by atoms with Crippen molar-refractivity contribution < 1.29 is 29.5 Å². The third kappa shape index (κ3) is 3.11. The molecule has 0 spiro atoms. The van der Waals surface area contributed by atoms with Crippen LogP contribution in [0.4, 0.5) is 0 Å². The van der Waals surface area contributed by atoms with Gasteiger partial charge in [0.05, 0.1) is 25.9 Å². The van der Waals surface area contributed by atoms with Gasteiger partial charge in [-0.05, 0) is 0 Å². The Labute approximate surface area is 93.7 Å². The third-order valence-electron chi connectivity index (χ3n) is 2.50. The monoisotopic (exact) mass is 237 g/mol. The molecule has 0 aromatic carbocycles. The first kappa shape index (κ1) is 13.8. The number of aliphatic hydroxyl groups is 3. The number of methoxy groups -OCH3 is 1. The number of hydrogen-bond acceptors (Lipinski definition) is 7. The molecule has 1 aliphatic heterocycles. The fourth-order valence-electron chi connectivity index (χ4n) is 1.50. The van der Waals surface area contributed by atoms with E-state index >= 15 is 0 Å². The van der Waals surface area contributed by atoms with Crippen LogP contribution in [-0.2, 0) is 14.2 Å². The second-order valence-corrected chi connectivity index (χ2v) is 3.65. The number of ether oxygens (including phenoxy) is 3. The Morgan fingerprint density at radius 2 is 1.94 bits per heavy atom. The molecule has 1 heterocycles. The van der Waals surface area contributed by atoms with E-state index in [1.807, 2.05) is 0 Å². The Morgan fingerprint density at radius 3 is 2.50 bits per heavy atom. The molecule has 0 amide bonds. The van der Waals surface area contributed by atoms with Crippen LogP contribution < -0.4 is 5.73 Å². The SMILES string of the molecule is COCCOC1OC(CO)C(O)C(O)C1N. The van der Waals surface area contributed by atoms with Gasteiger partial charge in [-0.25, -0.2) is 0 Å². The second kappa shape index (κ2) is 6.45. The van der Waals surface area contributed by atoms with Crippen molar-refractivity contribution in [3.8, 4) is 0 Å². The van der Waals surface area contributed by atoms with Crippen LogP contribution in [0.15, 0.2) is 0 Å². The molecule has 1 aliphatic rings. The van der Waals surface area contributed by atoms with Crippen LogP contribution in [0.5, 0.6) is 0 Å². The summed E-state index contributed by atoms with van der Waals surface area (Å²) in [5, 5.41) is 28.0. The Bertz CT molecular complexity index is 202. The third-order valence-corrected chi connectivity index (χ3v) is 2.50. The Hall–Kier alpha value is -0.280. The van der Waals surface area contributed by atoms with Crippen molar-refractivity contribution >= 4 is 0 Å². The van der Waals surface area contributed by atoms with Crippen LogP contribution in [0.25, 0.3) is 0 Å². The minimum absolute atomic E-state index is 0.260. The Kier molecular flexibility index (Phi) is 5.56. The highest BCUT2D eigenvalue weighted by Gasteiger charge is 2.42. The zero-order valence-corrected chi connectivity index (χ0v) is 9.15. The summed E-state index contributed by atoms with van der Waals surface area (Å²) in [5.41, 5.74) is 5.63. The molecule has 5 N–H and O–H groups in total. The van der Waals surface area contributed by atoms with Gasteiger partial charge in [0.15, 0.2) is 6.29 Å². The predicted octanol–water partition coefficient (Wildman–Crippen LogP) is -2.58. The van der Waals surface area contributed by atoms with Gasteiger partial charge in [0.1, 0.15) is 18.3 Å². The number of hydrogen-bond donors (Lipinski definition) is 4. The molecule has 0 bridgehead atoms. The van der Waals surface area contributed by atoms with E-state index < -0.39 is 37.3 Å². The summed E-state index contributed by atoms with van der Waals surface area (Å²) < 4.78 is 15.2. The van der Waals surface area contributed by atoms with Crippen molar-refractivity contribution in [2.75, 3.05) is 26.9 Å². The van der Waals surface area contributed by atoms with Gasteiger partial charge in [0.2, 0.25) is 0 Å². The van der Waals surface area contributed by atoms with Crippen LogP contribution >= 0.6 is 0 Å². The molecule has 0 aromatic heterocycles. The van der Waals surface area contributed by atoms with Crippen molar-refractivity contribution in [1.29, 1.82) is 0 Å². The minimum atomic E-state index is -1.21. The van der Waals surface area contributed by atoms with Crippen molar-refractivity contribution in [3.05, 3.63) is 0 Å². The minimum Gasteiger partial charge on any atom is -0.394 e. The Balaban J connectivity index is 2.50. The molecule has 96 valence electrons. The van der Waals surface area contributed by atoms with E-state index in [1.54, 1.807) is 0 Å². The van der Waals surface area contributed by atoms with E-state index in [0.29, 0.717) is 6.61 Å². The second-order valence-electron chi connectivity index (χ2n) is 3.65. The van der Waals surface area contributed by atoms with Crippen molar-refractivity contribution in [1.82, 2.24) is 0 Å². The van der Waals surface area contributed by atoms with Crippen LogP contribution in [0.1, 0.15) is 0 Å². The van der Waals surface area contributed by atoms with E-state index in [4.69, 9.17) is 25.1 Å². The molecular weight excluding hydrogens is 218 g/mol. The van der Waals surface area contributed by atoms with Crippen molar-refractivity contribution in [2.24, 2.45) is 5.73 Å². The summed E-state index contributed by atoms with van der Waals surface area (Å²) in [6, 6.07) is -0.852. The van der Waals surface area contributed by atoms with Gasteiger partial charge in [-0.15, -0.1) is 0 Å². The quantitative estimate of drug-likeness (QED) is 0.388. The smallest absolute Gasteiger partial charge is 0.175 e. The number of aliphatic hydroxyl groups excluding tert-OH is 3. The summed E-state index contributed by atoms with van der Waals surface area (Å²) in [6.45, 7) is 0.222. The summed E-state index contributed by atoms with van der Waals surface area (Å²) in [5.74, 6) is 0. The summed E-state index contributed by atoms with van der Waals surface area (Å²) >= 11 is 0. The molecule has 5 atom stereocenters. The maximum atomic E-state index is 9.60. The van der Waals surface area contributed by atoms with Gasteiger partial charge in [0, 0.05) is 7.11 Å². The van der Waals surface area contributed by atoms with Gasteiger partial charge in [-0.1, -0.05) is 0 Å². The summed E-state index contributed by atoms with van der Waals surface area (Å²) in [4.78, 5) is 0. The molecule has 7 heteroatoms. The standard InChI is InChI=1S/C9H19NO6/c1-14-2-3-15-9-6(10)8(13)7(12)5(4-11)16-9/h5-9,11-13H,2-4,10H2,1H3. The molecule has 5 unspecified atom stereocenters. The highest BCUT2D eigenvalue weighted by Crippen LogP contribution is 2.20. The zero-order chi connectivity index (χ0) is 12.1. The van der Waals surface area contributed by atoms with Crippen LogP contribution in [0, 0.1) is 0 Å². The van der Waals surface area contributed by atoms with Gasteiger partial charge in [0.25, 0.3) is 0 Å². The fraction of sp³-hybridized carbons (Fsp3) is 1.00. The van der Waals surface area contributed by atoms with Gasteiger partial charge in [-0.2, -0.15) is 0 Å². The topological polar surface area (TPSA) is 114 Å². The molecule has 0 radical (unpaired) electrons. The summed E-state index contributed by atoms with van der Waals surface area (Å²) in [6.07, 6.45) is -4.13. The normalized spacial score (nSPS) is 39.9. The predicted molar refractivity (Wildman–Crippen MR) is 53.6 cm³/mol. The van der Waals surface area contributed by atoms with Crippen LogP contribution in [-0.4, -0.2) is 72.9 Å². The maximum Gasteiger partial charge on any atom is 0.175 e. The van der Waals surface area contributed by atoms with Crippen molar-refractivity contribution in [2.45, 2.75) is 30.6 Å². The van der Waals surface area contributed by atoms with Crippen molar-refractivity contribution in [3.63, 3.8) is 0 Å². The maximum absolute atomic E-state index is 9.60. The molecule has 0 saturated carbocycles. The van der Waals surface area contributed by atoms with Gasteiger partial charge >= 0.3 is 0 Å². The average Bonchev–Trinajstić information content (AvgIpc) is 2.29. The Morgan fingerprint density at radius 1 is 1.25 bits per heavy atom. The van der Waals surface area contributed by atoms with E-state index in [1.165, 1.54) is 7.11 Å². The lowest BCUT2D eigenvalue weighted by Gasteiger charge is -2.40. The first-order valence-electron chi connectivity index (χ1n) is 5.10. The largest absolute Gasteiger partial charge is 0.394 e. The zero-order valence-electron chi connectivity index (χ0n) is 9.15. The van der Waals surface area contributed by atoms with E-state index in [0.717, 1.165) is 0 Å². The average molecular weight is 237 g/mol. The molecule has 7 nitrogen and oxygen atoms in total. The molecule has 1 fully saturated rings. The lowest BCUT2D eigenvalue weighted by atomic mass is 9.98. The molecule has 0 aromatic rings. The lowest BCUT2D eigenvalue weighted by molar-refractivity contribution is -0.267. The first-order valence-corrected chi connectivity index (χ1v) is 5.10. The van der Waals surface area contributed by atoms with Crippen LogP contribution in [0.2, 0.25) is 0 Å². The summed E-state index contributed by atoms with van der Waals surface area (Å²) in [7, 11) is 1.53. The van der Waals surface area contributed by atoms with Crippen LogP contribution in [0.3, 0.4) is 0 Å².